The summed E-state index contributed by atoms with van der Waals surface area (Å²) in [6.45, 7) is 3.59. The van der Waals surface area contributed by atoms with E-state index < -0.39 is 11.7 Å². The van der Waals surface area contributed by atoms with Gasteiger partial charge in [-0.05, 0) is 55.3 Å². The standard InChI is InChI=1S/C24H20F3N5/c1-15-4-3-5-19(10-15)31-9-8-29-23(31)21-12-17-14-28-7-6-20(17)32(21)22-13-18(24(25,26)27)11-16(2)30-22/h3-11,13-14,21H,12H2,1-2H3/t21-/m0/s1. The van der Waals surface area contributed by atoms with Crippen LogP contribution in [0.25, 0.3) is 5.69 Å². The van der Waals surface area contributed by atoms with Gasteiger partial charge in [0.1, 0.15) is 11.6 Å². The summed E-state index contributed by atoms with van der Waals surface area (Å²) in [7, 11) is 0. The first-order chi connectivity index (χ1) is 15.3. The van der Waals surface area contributed by atoms with Crippen molar-refractivity contribution in [3.05, 3.63) is 95.5 Å². The molecule has 4 aromatic rings. The first kappa shape index (κ1) is 20.2. The highest BCUT2D eigenvalue weighted by Gasteiger charge is 2.38. The second-order valence-electron chi connectivity index (χ2n) is 7.94. The summed E-state index contributed by atoms with van der Waals surface area (Å²) in [5.41, 5.74) is 3.36. The summed E-state index contributed by atoms with van der Waals surface area (Å²) < 4.78 is 42.6. The van der Waals surface area contributed by atoms with Gasteiger partial charge in [-0.25, -0.2) is 9.97 Å². The van der Waals surface area contributed by atoms with Crippen molar-refractivity contribution in [1.29, 1.82) is 0 Å². The van der Waals surface area contributed by atoms with Crippen LogP contribution < -0.4 is 4.90 Å². The van der Waals surface area contributed by atoms with Gasteiger partial charge in [0.15, 0.2) is 0 Å². The van der Waals surface area contributed by atoms with Gasteiger partial charge in [-0.2, -0.15) is 13.2 Å². The number of hydrogen-bond acceptors (Lipinski definition) is 4. The number of halogens is 3. The van der Waals surface area contributed by atoms with Gasteiger partial charge in [-0.3, -0.25) is 4.98 Å². The van der Waals surface area contributed by atoms with Crippen molar-refractivity contribution in [3.8, 4) is 5.69 Å². The third kappa shape index (κ3) is 3.51. The van der Waals surface area contributed by atoms with Gasteiger partial charge in [-0.15, -0.1) is 0 Å². The molecule has 3 aromatic heterocycles. The Morgan fingerprint density at radius 1 is 1.03 bits per heavy atom. The van der Waals surface area contributed by atoms with Crippen molar-refractivity contribution in [2.24, 2.45) is 0 Å². The molecular weight excluding hydrogens is 415 g/mol. The van der Waals surface area contributed by atoms with Crippen LogP contribution in [0.5, 0.6) is 0 Å². The zero-order valence-corrected chi connectivity index (χ0v) is 17.5. The van der Waals surface area contributed by atoms with Gasteiger partial charge in [0.05, 0.1) is 11.6 Å². The molecule has 0 spiro atoms. The van der Waals surface area contributed by atoms with E-state index in [4.69, 9.17) is 0 Å². The number of hydrogen-bond donors (Lipinski definition) is 0. The number of benzene rings is 1. The summed E-state index contributed by atoms with van der Waals surface area (Å²) in [6, 6.07) is 11.7. The van der Waals surface area contributed by atoms with Gasteiger partial charge < -0.3 is 9.47 Å². The molecule has 162 valence electrons. The van der Waals surface area contributed by atoms with Gasteiger partial charge in [0.2, 0.25) is 0 Å². The van der Waals surface area contributed by atoms with Crippen molar-refractivity contribution >= 4 is 11.5 Å². The molecule has 1 aromatic carbocycles. The smallest absolute Gasteiger partial charge is 0.315 e. The van der Waals surface area contributed by atoms with E-state index in [0.29, 0.717) is 12.1 Å². The summed E-state index contributed by atoms with van der Waals surface area (Å²) in [6.07, 6.45) is 3.07. The molecule has 0 N–H and O–H groups in total. The molecule has 0 saturated heterocycles. The number of anilines is 2. The predicted octanol–water partition coefficient (Wildman–Crippen LogP) is 5.73. The van der Waals surface area contributed by atoms with Crippen LogP contribution >= 0.6 is 0 Å². The van der Waals surface area contributed by atoms with Crippen molar-refractivity contribution in [1.82, 2.24) is 19.5 Å². The Morgan fingerprint density at radius 2 is 1.88 bits per heavy atom. The van der Waals surface area contributed by atoms with E-state index in [1.165, 1.54) is 0 Å². The number of fused-ring (bicyclic) bond motifs is 1. The number of nitrogens with zero attached hydrogens (tertiary/aromatic N) is 5. The lowest BCUT2D eigenvalue weighted by atomic mass is 10.1. The minimum atomic E-state index is -4.46. The topological polar surface area (TPSA) is 46.8 Å². The predicted molar refractivity (Wildman–Crippen MR) is 115 cm³/mol. The third-order valence-electron chi connectivity index (χ3n) is 5.62. The van der Waals surface area contributed by atoms with Crippen molar-refractivity contribution in [2.45, 2.75) is 32.5 Å². The van der Waals surface area contributed by atoms with E-state index in [1.54, 1.807) is 25.5 Å². The average Bonchev–Trinajstić information content (AvgIpc) is 3.37. The zero-order chi connectivity index (χ0) is 22.5. The molecule has 4 heterocycles. The molecule has 0 unspecified atom stereocenters. The van der Waals surface area contributed by atoms with Crippen LogP contribution in [0, 0.1) is 13.8 Å². The summed E-state index contributed by atoms with van der Waals surface area (Å²) in [5, 5.41) is 0. The molecule has 0 bridgehead atoms. The zero-order valence-electron chi connectivity index (χ0n) is 17.5. The molecular formula is C24H20F3N5. The van der Waals surface area contributed by atoms with E-state index in [0.717, 1.165) is 40.5 Å². The third-order valence-corrected chi connectivity index (χ3v) is 5.62. The van der Waals surface area contributed by atoms with E-state index in [9.17, 15) is 13.2 Å². The Balaban J connectivity index is 1.67. The average molecular weight is 435 g/mol. The van der Waals surface area contributed by atoms with Gasteiger partial charge >= 0.3 is 6.18 Å². The molecule has 0 aliphatic carbocycles. The minimum Gasteiger partial charge on any atom is -0.315 e. The fraction of sp³-hybridized carbons (Fsp3) is 0.208. The highest BCUT2D eigenvalue weighted by molar-refractivity contribution is 5.69. The second kappa shape index (κ2) is 7.47. The normalized spacial score (nSPS) is 15.8. The number of rotatable bonds is 3. The van der Waals surface area contributed by atoms with E-state index in [1.807, 2.05) is 52.9 Å². The van der Waals surface area contributed by atoms with E-state index in [-0.39, 0.29) is 11.9 Å². The maximum absolute atomic E-state index is 13.6. The Hall–Kier alpha value is -3.68. The number of aryl methyl sites for hydroxylation is 2. The van der Waals surface area contributed by atoms with Gasteiger partial charge in [0, 0.05) is 48.3 Å². The van der Waals surface area contributed by atoms with E-state index >= 15 is 0 Å². The van der Waals surface area contributed by atoms with Crippen LogP contribution in [-0.4, -0.2) is 19.5 Å². The molecule has 0 amide bonds. The number of alkyl halides is 3. The van der Waals surface area contributed by atoms with E-state index in [2.05, 4.69) is 15.0 Å². The summed E-state index contributed by atoms with van der Waals surface area (Å²) in [4.78, 5) is 15.1. The van der Waals surface area contributed by atoms with Crippen LogP contribution in [0.15, 0.2) is 67.3 Å². The Bertz CT molecular complexity index is 1290. The molecule has 1 atom stereocenters. The number of pyridine rings is 2. The number of imidazole rings is 1. The van der Waals surface area contributed by atoms with Gasteiger partial charge in [0.25, 0.3) is 0 Å². The monoisotopic (exact) mass is 435 g/mol. The van der Waals surface area contributed by atoms with Crippen molar-refractivity contribution in [3.63, 3.8) is 0 Å². The maximum atomic E-state index is 13.6. The lowest BCUT2D eigenvalue weighted by Gasteiger charge is -2.28. The molecule has 0 radical (unpaired) electrons. The molecule has 32 heavy (non-hydrogen) atoms. The highest BCUT2D eigenvalue weighted by atomic mass is 19.4. The quantitative estimate of drug-likeness (QED) is 0.412. The first-order valence-corrected chi connectivity index (χ1v) is 10.2. The maximum Gasteiger partial charge on any atom is 0.416 e. The number of aromatic nitrogens is 4. The Labute approximate surface area is 183 Å². The molecule has 0 saturated carbocycles. The van der Waals surface area contributed by atoms with Crippen LogP contribution in [0.1, 0.15) is 34.3 Å². The SMILES string of the molecule is Cc1cccc(-n2ccnc2[C@@H]2Cc3cnccc3N2c2cc(C(F)(F)F)cc(C)n2)c1. The lowest BCUT2D eigenvalue weighted by Crippen LogP contribution is -2.24. The van der Waals surface area contributed by atoms with Gasteiger partial charge in [-0.1, -0.05) is 12.1 Å². The molecule has 8 heteroatoms. The highest BCUT2D eigenvalue weighted by Crippen LogP contribution is 2.45. The summed E-state index contributed by atoms with van der Waals surface area (Å²) >= 11 is 0. The fourth-order valence-corrected chi connectivity index (χ4v) is 4.27. The largest absolute Gasteiger partial charge is 0.416 e. The van der Waals surface area contributed by atoms with Crippen molar-refractivity contribution in [2.75, 3.05) is 4.90 Å². The Kier molecular flexibility index (Phi) is 4.73. The fourth-order valence-electron chi connectivity index (χ4n) is 4.27. The van der Waals surface area contributed by atoms with Crippen LogP contribution in [0.2, 0.25) is 0 Å². The molecule has 5 nitrogen and oxygen atoms in total. The van der Waals surface area contributed by atoms with Crippen LogP contribution in [0.3, 0.4) is 0 Å². The molecule has 0 fully saturated rings. The summed E-state index contributed by atoms with van der Waals surface area (Å²) in [5.74, 6) is 0.967. The molecule has 1 aliphatic rings. The molecule has 5 rings (SSSR count). The molecule has 1 aliphatic heterocycles. The minimum absolute atomic E-state index is 0.242. The second-order valence-corrected chi connectivity index (χ2v) is 7.94. The van der Waals surface area contributed by atoms with Crippen LogP contribution in [-0.2, 0) is 12.6 Å². The van der Waals surface area contributed by atoms with Crippen LogP contribution in [0.4, 0.5) is 24.7 Å². The Morgan fingerprint density at radius 3 is 2.66 bits per heavy atom. The first-order valence-electron chi connectivity index (χ1n) is 10.2. The lowest BCUT2D eigenvalue weighted by molar-refractivity contribution is -0.137. The van der Waals surface area contributed by atoms with Crippen molar-refractivity contribution < 1.29 is 13.2 Å².